The zero-order chi connectivity index (χ0) is 23.1. The number of nitrogens with zero attached hydrogens (tertiary/aromatic N) is 3. The molecule has 0 aromatic heterocycles. The number of amides is 1. The highest BCUT2D eigenvalue weighted by atomic mass is 35.5. The van der Waals surface area contributed by atoms with Gasteiger partial charge in [-0.2, -0.15) is 18.4 Å². The van der Waals surface area contributed by atoms with Gasteiger partial charge in [-0.15, -0.1) is 23.2 Å². The molecule has 4 nitrogen and oxygen atoms in total. The number of aryl methyl sites for hydroxylation is 1. The van der Waals surface area contributed by atoms with E-state index in [9.17, 15) is 18.0 Å². The largest absolute Gasteiger partial charge is 0.418 e. The molecule has 0 aliphatic carbocycles. The molecule has 1 aliphatic heterocycles. The third kappa shape index (κ3) is 3.65. The number of thiocarbonyl (C=S) groups is 1. The Balaban J connectivity index is 2.24. The Bertz CT molecular complexity index is 1090. The zero-order valence-corrected chi connectivity index (χ0v) is 18.8. The van der Waals surface area contributed by atoms with Crippen molar-refractivity contribution in [1.82, 2.24) is 0 Å². The van der Waals surface area contributed by atoms with Gasteiger partial charge in [-0.25, -0.2) is 0 Å². The molecular formula is C21H16Cl2F3N3OS. The molecule has 3 rings (SSSR count). The van der Waals surface area contributed by atoms with Crippen molar-refractivity contribution in [3.63, 3.8) is 0 Å². The van der Waals surface area contributed by atoms with Crippen LogP contribution >= 0.6 is 35.4 Å². The van der Waals surface area contributed by atoms with Crippen LogP contribution in [0.25, 0.3) is 0 Å². The minimum atomic E-state index is -4.79. The molecule has 1 saturated heterocycles. The fraction of sp³-hybridized carbons (Fsp3) is 0.286. The first kappa shape index (κ1) is 23.3. The van der Waals surface area contributed by atoms with E-state index >= 15 is 0 Å². The normalized spacial score (nSPS) is 16.1. The van der Waals surface area contributed by atoms with E-state index in [-0.39, 0.29) is 28.1 Å². The van der Waals surface area contributed by atoms with Crippen LogP contribution in [0, 0.1) is 25.2 Å². The Kier molecular flexibility index (Phi) is 6.25. The van der Waals surface area contributed by atoms with Gasteiger partial charge in [0, 0.05) is 5.69 Å². The van der Waals surface area contributed by atoms with Gasteiger partial charge in [0.05, 0.1) is 34.6 Å². The van der Waals surface area contributed by atoms with Crippen molar-refractivity contribution >= 4 is 57.8 Å². The lowest BCUT2D eigenvalue weighted by Crippen LogP contribution is -2.53. The van der Waals surface area contributed by atoms with Crippen molar-refractivity contribution < 1.29 is 18.0 Å². The summed E-state index contributed by atoms with van der Waals surface area (Å²) < 4.78 is 41.0. The van der Waals surface area contributed by atoms with Crippen molar-refractivity contribution in [2.24, 2.45) is 0 Å². The Morgan fingerprint density at radius 2 is 1.68 bits per heavy atom. The third-order valence-corrected chi connectivity index (χ3v) is 6.48. The number of carbonyl (C=O) groups is 1. The lowest BCUT2D eigenvalue weighted by molar-refractivity contribution is -0.138. The average molecular weight is 486 g/mol. The third-order valence-electron chi connectivity index (χ3n) is 5.23. The molecule has 0 radical (unpaired) electrons. The number of benzene rings is 2. The fourth-order valence-corrected chi connectivity index (χ4v) is 4.82. The van der Waals surface area contributed by atoms with Crippen LogP contribution in [-0.2, 0) is 11.0 Å². The van der Waals surface area contributed by atoms with Crippen LogP contribution in [0.3, 0.4) is 0 Å². The molecule has 0 atom stereocenters. The van der Waals surface area contributed by atoms with Crippen LogP contribution in [0.1, 0.15) is 22.3 Å². The first-order chi connectivity index (χ1) is 14.5. The molecule has 0 N–H and O–H groups in total. The molecule has 1 aliphatic rings. The predicted octanol–water partition coefficient (Wildman–Crippen LogP) is 5.55. The number of rotatable bonds is 4. The first-order valence-electron chi connectivity index (χ1n) is 9.01. The number of hydrogen-bond donors (Lipinski definition) is 0. The van der Waals surface area contributed by atoms with Crippen LogP contribution < -0.4 is 9.80 Å². The molecule has 0 saturated carbocycles. The van der Waals surface area contributed by atoms with Crippen LogP contribution in [0.4, 0.5) is 24.5 Å². The molecule has 2 aromatic carbocycles. The molecule has 1 fully saturated rings. The Morgan fingerprint density at radius 1 is 1.10 bits per heavy atom. The van der Waals surface area contributed by atoms with E-state index in [2.05, 4.69) is 0 Å². The highest BCUT2D eigenvalue weighted by Crippen LogP contribution is 2.43. The van der Waals surface area contributed by atoms with Crippen LogP contribution in [-0.4, -0.2) is 28.3 Å². The first-order valence-corrected chi connectivity index (χ1v) is 10.5. The quantitative estimate of drug-likeness (QED) is 0.420. The second kappa shape index (κ2) is 8.30. The Hall–Kier alpha value is -2.34. The van der Waals surface area contributed by atoms with Crippen LogP contribution in [0.5, 0.6) is 0 Å². The summed E-state index contributed by atoms with van der Waals surface area (Å²) >= 11 is 17.9. The van der Waals surface area contributed by atoms with Crippen LogP contribution in [0.15, 0.2) is 36.4 Å². The summed E-state index contributed by atoms with van der Waals surface area (Å²) in [6, 6.07) is 11.0. The number of carbonyl (C=O) groups excluding carboxylic acids is 1. The molecule has 1 amide bonds. The summed E-state index contributed by atoms with van der Waals surface area (Å²) in [5, 5.41) is 9.09. The fourth-order valence-electron chi connectivity index (χ4n) is 3.61. The minimum absolute atomic E-state index is 0.0453. The van der Waals surface area contributed by atoms with Crippen molar-refractivity contribution in [3.8, 4) is 6.07 Å². The summed E-state index contributed by atoms with van der Waals surface area (Å²) in [5.41, 5.74) is -1.98. The highest BCUT2D eigenvalue weighted by molar-refractivity contribution is 7.81. The van der Waals surface area contributed by atoms with E-state index in [1.807, 2.05) is 19.1 Å². The Labute approximate surface area is 192 Å². The van der Waals surface area contributed by atoms with Gasteiger partial charge in [0.2, 0.25) is 0 Å². The van der Waals surface area contributed by atoms with Gasteiger partial charge in [-0.05, 0) is 55.9 Å². The van der Waals surface area contributed by atoms with E-state index in [1.54, 1.807) is 18.2 Å². The SMILES string of the molecule is Cc1ccc(N2C(=S)N(c3ccc(C#N)c(C(F)(F)F)c3C)C(=O)C2(CCl)CCl)cc1. The Morgan fingerprint density at radius 3 is 2.16 bits per heavy atom. The topological polar surface area (TPSA) is 47.3 Å². The minimum Gasteiger partial charge on any atom is -0.300 e. The second-order valence-corrected chi connectivity index (χ2v) is 8.03. The number of alkyl halides is 5. The smallest absolute Gasteiger partial charge is 0.300 e. The summed E-state index contributed by atoms with van der Waals surface area (Å²) in [7, 11) is 0. The number of nitriles is 1. The summed E-state index contributed by atoms with van der Waals surface area (Å²) in [6.45, 7) is 3.09. The maximum Gasteiger partial charge on any atom is 0.418 e. The summed E-state index contributed by atoms with van der Waals surface area (Å²) in [4.78, 5) is 16.0. The van der Waals surface area contributed by atoms with E-state index in [4.69, 9.17) is 40.7 Å². The molecule has 10 heteroatoms. The molecule has 0 unspecified atom stereocenters. The van der Waals surface area contributed by atoms with Crippen LogP contribution in [0.2, 0.25) is 0 Å². The van der Waals surface area contributed by atoms with Gasteiger partial charge < -0.3 is 4.90 Å². The average Bonchev–Trinajstić information content (AvgIpc) is 2.94. The predicted molar refractivity (Wildman–Crippen MR) is 119 cm³/mol. The number of anilines is 2. The summed E-state index contributed by atoms with van der Waals surface area (Å²) in [6.07, 6.45) is -4.79. The van der Waals surface area contributed by atoms with E-state index in [0.717, 1.165) is 16.5 Å². The monoisotopic (exact) mass is 485 g/mol. The standard InChI is InChI=1S/C21H16Cl2F3N3OS/c1-12-3-6-15(7-4-12)29-19(31)28(18(30)20(29,10-22)11-23)16-8-5-14(9-27)17(13(16)2)21(24,25)26/h3-8H,10-11H2,1-2H3. The van der Waals surface area contributed by atoms with Gasteiger partial charge in [0.25, 0.3) is 5.91 Å². The van der Waals surface area contributed by atoms with Crippen molar-refractivity contribution in [2.75, 3.05) is 21.6 Å². The second-order valence-electron chi connectivity index (χ2n) is 7.13. The van der Waals surface area contributed by atoms with Gasteiger partial charge in [-0.1, -0.05) is 17.7 Å². The molecule has 0 bridgehead atoms. The van der Waals surface area contributed by atoms with Gasteiger partial charge in [0.1, 0.15) is 0 Å². The molecule has 1 heterocycles. The van der Waals surface area contributed by atoms with E-state index in [0.29, 0.717) is 5.69 Å². The highest BCUT2D eigenvalue weighted by Gasteiger charge is 2.56. The molecule has 31 heavy (non-hydrogen) atoms. The van der Waals surface area contributed by atoms with Gasteiger partial charge >= 0.3 is 6.18 Å². The summed E-state index contributed by atoms with van der Waals surface area (Å²) in [5.74, 6) is -1.10. The van der Waals surface area contributed by atoms with E-state index in [1.165, 1.54) is 17.9 Å². The maximum absolute atomic E-state index is 13.7. The van der Waals surface area contributed by atoms with E-state index < -0.39 is 28.7 Å². The maximum atomic E-state index is 13.7. The molecule has 162 valence electrons. The van der Waals surface area contributed by atoms with Crippen molar-refractivity contribution in [2.45, 2.75) is 25.6 Å². The number of halogens is 5. The molecule has 0 spiro atoms. The lowest BCUT2D eigenvalue weighted by Gasteiger charge is -2.32. The number of hydrogen-bond acceptors (Lipinski definition) is 3. The van der Waals surface area contributed by atoms with Gasteiger partial charge in [-0.3, -0.25) is 9.69 Å². The van der Waals surface area contributed by atoms with Crippen molar-refractivity contribution in [1.29, 1.82) is 5.26 Å². The molecular weight excluding hydrogens is 470 g/mol. The van der Waals surface area contributed by atoms with Gasteiger partial charge in [0.15, 0.2) is 10.7 Å². The zero-order valence-electron chi connectivity index (χ0n) is 16.4. The molecule has 2 aromatic rings. The van der Waals surface area contributed by atoms with Crippen molar-refractivity contribution in [3.05, 3.63) is 58.7 Å². The lowest BCUT2D eigenvalue weighted by atomic mass is 9.98.